The molecule has 0 aromatic heterocycles. The number of allylic oxidation sites excluding steroid dienone is 2. The first-order valence-electron chi connectivity index (χ1n) is 8.10. The number of hydrogen-bond acceptors (Lipinski definition) is 4. The average molecular weight is 460 g/mol. The van der Waals surface area contributed by atoms with Crippen LogP contribution in [-0.4, -0.2) is 52.0 Å². The number of nitrogens with zero attached hydrogens (tertiary/aromatic N) is 2. The van der Waals surface area contributed by atoms with Crippen LogP contribution in [0.25, 0.3) is 4.13 Å². The Morgan fingerprint density at radius 1 is 0.857 bits per heavy atom. The highest BCUT2D eigenvalue weighted by Gasteiger charge is 2.46. The molecule has 28 heavy (non-hydrogen) atoms. The van der Waals surface area contributed by atoms with Crippen molar-refractivity contribution in [2.45, 2.75) is 44.1 Å². The van der Waals surface area contributed by atoms with E-state index in [1.165, 1.54) is 43.4 Å². The van der Waals surface area contributed by atoms with Crippen LogP contribution >= 0.6 is 0 Å². The van der Waals surface area contributed by atoms with Gasteiger partial charge in [0.1, 0.15) is 6.54 Å². The lowest BCUT2D eigenvalue weighted by Crippen LogP contribution is -2.45. The predicted octanol–water partition coefficient (Wildman–Crippen LogP) is 4.16. The van der Waals surface area contributed by atoms with E-state index < -0.39 is 31.1 Å². The molecule has 1 rings (SSSR count). The fourth-order valence-electron chi connectivity index (χ4n) is 2.22. The first-order valence-corrected chi connectivity index (χ1v) is 11.0. The molecule has 0 aromatic rings. The van der Waals surface area contributed by atoms with Crippen LogP contribution in [0.5, 0.6) is 0 Å². The van der Waals surface area contributed by atoms with E-state index >= 15 is 0 Å². The summed E-state index contributed by atoms with van der Waals surface area (Å²) in [4.78, 5) is 0. The lowest BCUT2D eigenvalue weighted by atomic mass is 10.2. The third-order valence-electron chi connectivity index (χ3n) is 3.53. The summed E-state index contributed by atoms with van der Waals surface area (Å²) in [5.74, 6) is 0. The minimum atomic E-state index is -6.72. The first kappa shape index (κ1) is 26.9. The SMILES string of the molecule is CCCC[N+]1(CCC)C=CC=CC1.O=S(=O)([N-]S(=O)(=O)C(F)(F)F)C(F)(F)F. The number of hydrogen-bond donors (Lipinski definition) is 0. The van der Waals surface area contributed by atoms with Crippen LogP contribution in [0.1, 0.15) is 33.1 Å². The summed E-state index contributed by atoms with van der Waals surface area (Å²) in [6.45, 7) is 8.35. The highest BCUT2D eigenvalue weighted by atomic mass is 32.3. The fraction of sp³-hybridized carbons (Fsp3) is 0.714. The first-order chi connectivity index (χ1) is 12.5. The van der Waals surface area contributed by atoms with Gasteiger partial charge in [-0.2, -0.15) is 26.3 Å². The van der Waals surface area contributed by atoms with Crippen molar-refractivity contribution < 1.29 is 47.7 Å². The average Bonchev–Trinajstić information content (AvgIpc) is 2.52. The van der Waals surface area contributed by atoms with Crippen molar-refractivity contribution in [2.24, 2.45) is 0 Å². The second kappa shape index (κ2) is 10.1. The molecular weight excluding hydrogens is 438 g/mol. The van der Waals surface area contributed by atoms with Gasteiger partial charge in [0.25, 0.3) is 0 Å². The van der Waals surface area contributed by atoms with Crippen molar-refractivity contribution in [3.8, 4) is 0 Å². The maximum absolute atomic E-state index is 11.4. The highest BCUT2D eigenvalue weighted by molar-refractivity contribution is 8.13. The fourth-order valence-corrected chi connectivity index (χ4v) is 3.93. The molecule has 1 unspecified atom stereocenters. The van der Waals surface area contributed by atoms with E-state index in [1.807, 2.05) is 0 Å². The molecule has 0 N–H and O–H groups in total. The molecule has 1 atom stereocenters. The second-order valence-corrected chi connectivity index (χ2v) is 9.31. The van der Waals surface area contributed by atoms with Crippen LogP contribution in [0.2, 0.25) is 0 Å². The maximum Gasteiger partial charge on any atom is 0.480 e. The van der Waals surface area contributed by atoms with Gasteiger partial charge in [0.2, 0.25) is 0 Å². The molecule has 0 aromatic carbocycles. The number of alkyl halides is 6. The summed E-state index contributed by atoms with van der Waals surface area (Å²) in [5.41, 5.74) is -12.4. The Bertz CT molecular complexity index is 716. The maximum atomic E-state index is 11.4. The van der Waals surface area contributed by atoms with Crippen molar-refractivity contribution in [1.29, 1.82) is 0 Å². The highest BCUT2D eigenvalue weighted by Crippen LogP contribution is 2.36. The normalized spacial score (nSPS) is 20.6. The molecule has 0 spiro atoms. The molecule has 0 radical (unpaired) electrons. The molecule has 0 fully saturated rings. The zero-order valence-corrected chi connectivity index (χ0v) is 16.8. The van der Waals surface area contributed by atoms with Crippen molar-refractivity contribution in [1.82, 2.24) is 0 Å². The second-order valence-electron chi connectivity index (χ2n) is 5.89. The lowest BCUT2D eigenvalue weighted by molar-refractivity contribution is -0.874. The Kier molecular flexibility index (Phi) is 9.67. The molecule has 14 heteroatoms. The van der Waals surface area contributed by atoms with E-state index in [2.05, 4.69) is 38.3 Å². The van der Waals surface area contributed by atoms with Crippen LogP contribution in [0.4, 0.5) is 26.3 Å². The van der Waals surface area contributed by atoms with Crippen LogP contribution in [0.15, 0.2) is 24.4 Å². The summed E-state index contributed by atoms with van der Waals surface area (Å²) in [5, 5.41) is 0. The van der Waals surface area contributed by atoms with Crippen LogP contribution in [0, 0.1) is 0 Å². The van der Waals surface area contributed by atoms with Crippen molar-refractivity contribution in [3.63, 3.8) is 0 Å². The van der Waals surface area contributed by atoms with E-state index in [0.717, 1.165) is 4.13 Å². The zero-order valence-electron chi connectivity index (χ0n) is 15.2. The quantitative estimate of drug-likeness (QED) is 0.422. The van der Waals surface area contributed by atoms with Crippen molar-refractivity contribution in [3.05, 3.63) is 28.6 Å². The van der Waals surface area contributed by atoms with Crippen molar-refractivity contribution in [2.75, 3.05) is 19.6 Å². The number of quaternary nitrogens is 1. The van der Waals surface area contributed by atoms with E-state index in [0.29, 0.717) is 0 Å². The molecule has 1 aliphatic heterocycles. The third kappa shape index (κ3) is 8.09. The van der Waals surface area contributed by atoms with Crippen LogP contribution < -0.4 is 0 Å². The molecule has 1 heterocycles. The third-order valence-corrected chi connectivity index (χ3v) is 6.27. The van der Waals surface area contributed by atoms with Gasteiger partial charge in [0.15, 0.2) is 20.0 Å². The lowest BCUT2D eigenvalue weighted by Gasteiger charge is -2.35. The number of rotatable bonds is 7. The Labute approximate surface area is 160 Å². The van der Waals surface area contributed by atoms with E-state index in [1.54, 1.807) is 0 Å². The minimum absolute atomic E-state index is 0.778. The Morgan fingerprint density at radius 3 is 1.68 bits per heavy atom. The van der Waals surface area contributed by atoms with Gasteiger partial charge in [-0.3, -0.25) is 4.48 Å². The number of unbranched alkanes of at least 4 members (excludes halogenated alkanes) is 1. The Balaban J connectivity index is 0.000000525. The molecule has 0 saturated carbocycles. The zero-order chi connectivity index (χ0) is 22.3. The van der Waals surface area contributed by atoms with Gasteiger partial charge in [0, 0.05) is 0 Å². The van der Waals surface area contributed by atoms with Crippen LogP contribution in [0.3, 0.4) is 0 Å². The summed E-state index contributed by atoms with van der Waals surface area (Å²) in [7, 11) is -13.4. The molecular formula is C14H22F6N2O4S2. The van der Waals surface area contributed by atoms with Gasteiger partial charge in [-0.1, -0.05) is 26.3 Å². The topological polar surface area (TPSA) is 82.4 Å². The number of sulfonamides is 2. The van der Waals surface area contributed by atoms with E-state index in [-0.39, 0.29) is 0 Å². The van der Waals surface area contributed by atoms with Crippen molar-refractivity contribution >= 4 is 20.0 Å². The molecule has 0 amide bonds. The van der Waals surface area contributed by atoms with Gasteiger partial charge in [-0.05, 0) is 25.0 Å². The molecule has 1 aliphatic rings. The summed E-state index contributed by atoms with van der Waals surface area (Å²) in [6.07, 6.45) is 13.0. The predicted molar refractivity (Wildman–Crippen MR) is 91.6 cm³/mol. The minimum Gasteiger partial charge on any atom is -0.421 e. The molecule has 166 valence electrons. The van der Waals surface area contributed by atoms with E-state index in [9.17, 15) is 43.2 Å². The summed E-state index contributed by atoms with van der Waals surface area (Å²) in [6, 6.07) is 0. The summed E-state index contributed by atoms with van der Waals surface area (Å²) < 4.78 is 110. The Morgan fingerprint density at radius 2 is 1.36 bits per heavy atom. The monoisotopic (exact) mass is 460 g/mol. The standard InChI is InChI=1S/C12H22N.C2F6NO4S2/c1-3-5-10-13(9-4-2)11-7-6-8-12-13;3-1(4,5)14(10,11)9-15(12,13)2(6,7)8/h6-8,11H,3-5,9-10,12H2,1-2H3;/q+1;-1. The molecule has 0 saturated heterocycles. The molecule has 0 aliphatic carbocycles. The van der Waals surface area contributed by atoms with Gasteiger partial charge in [-0.25, -0.2) is 16.8 Å². The van der Waals surface area contributed by atoms with Gasteiger partial charge in [-0.15, -0.1) is 0 Å². The van der Waals surface area contributed by atoms with E-state index in [4.69, 9.17) is 0 Å². The molecule has 0 bridgehead atoms. The largest absolute Gasteiger partial charge is 0.480 e. The van der Waals surface area contributed by atoms with Gasteiger partial charge >= 0.3 is 11.0 Å². The van der Waals surface area contributed by atoms with Crippen LogP contribution in [-0.2, 0) is 20.0 Å². The Hall–Kier alpha value is -1.12. The molecule has 6 nitrogen and oxygen atoms in total. The van der Waals surface area contributed by atoms with Gasteiger partial charge < -0.3 is 4.13 Å². The smallest absolute Gasteiger partial charge is 0.421 e. The summed E-state index contributed by atoms with van der Waals surface area (Å²) >= 11 is 0. The number of halogens is 6. The van der Waals surface area contributed by atoms with Gasteiger partial charge in [0.05, 0.1) is 19.3 Å².